The SMILES string of the molecule is Cl.Cl.NC1CNC(CO)C1. The van der Waals surface area contributed by atoms with Gasteiger partial charge in [-0.2, -0.15) is 0 Å². The molecule has 2 unspecified atom stereocenters. The zero-order valence-corrected chi connectivity index (χ0v) is 7.25. The van der Waals surface area contributed by atoms with E-state index in [0.29, 0.717) is 0 Å². The van der Waals surface area contributed by atoms with Crippen LogP contribution < -0.4 is 11.1 Å². The summed E-state index contributed by atoms with van der Waals surface area (Å²) < 4.78 is 0. The van der Waals surface area contributed by atoms with Crippen LogP contribution in [0, 0.1) is 0 Å². The topological polar surface area (TPSA) is 58.3 Å². The number of halogens is 2. The van der Waals surface area contributed by atoms with Crippen molar-refractivity contribution in [1.82, 2.24) is 5.32 Å². The fourth-order valence-corrected chi connectivity index (χ4v) is 0.989. The minimum absolute atomic E-state index is 0. The number of nitrogens with one attached hydrogen (secondary N) is 1. The van der Waals surface area contributed by atoms with Gasteiger partial charge in [0.1, 0.15) is 0 Å². The van der Waals surface area contributed by atoms with Crippen LogP contribution in [-0.2, 0) is 0 Å². The lowest BCUT2D eigenvalue weighted by Crippen LogP contribution is -2.25. The van der Waals surface area contributed by atoms with Crippen molar-refractivity contribution in [3.8, 4) is 0 Å². The van der Waals surface area contributed by atoms with Crippen molar-refractivity contribution in [3.05, 3.63) is 0 Å². The van der Waals surface area contributed by atoms with Gasteiger partial charge in [0.15, 0.2) is 0 Å². The van der Waals surface area contributed by atoms with Gasteiger partial charge in [0.25, 0.3) is 0 Å². The fourth-order valence-electron chi connectivity index (χ4n) is 0.989. The number of aliphatic hydroxyl groups is 1. The molecule has 3 nitrogen and oxygen atoms in total. The average molecular weight is 189 g/mol. The lowest BCUT2D eigenvalue weighted by atomic mass is 10.2. The highest BCUT2D eigenvalue weighted by Gasteiger charge is 2.18. The third-order valence-electron chi connectivity index (χ3n) is 1.48. The molecule has 1 saturated heterocycles. The van der Waals surface area contributed by atoms with Gasteiger partial charge < -0.3 is 16.2 Å². The molecule has 0 saturated carbocycles. The molecule has 0 amide bonds. The molecule has 1 fully saturated rings. The van der Waals surface area contributed by atoms with E-state index < -0.39 is 0 Å². The minimum atomic E-state index is 0. The Bertz CT molecular complexity index is 84.0. The monoisotopic (exact) mass is 188 g/mol. The number of nitrogens with two attached hydrogens (primary N) is 1. The summed E-state index contributed by atoms with van der Waals surface area (Å²) >= 11 is 0. The van der Waals surface area contributed by atoms with Gasteiger partial charge in [-0.15, -0.1) is 24.8 Å². The maximum absolute atomic E-state index is 8.57. The molecule has 0 aromatic heterocycles. The van der Waals surface area contributed by atoms with Crippen LogP contribution in [0.1, 0.15) is 6.42 Å². The summed E-state index contributed by atoms with van der Waals surface area (Å²) in [5, 5.41) is 11.6. The molecule has 5 heteroatoms. The average Bonchev–Trinajstić information content (AvgIpc) is 2.14. The quantitative estimate of drug-likeness (QED) is 0.521. The van der Waals surface area contributed by atoms with E-state index >= 15 is 0 Å². The minimum Gasteiger partial charge on any atom is -0.395 e. The first-order valence-corrected chi connectivity index (χ1v) is 2.92. The first-order valence-electron chi connectivity index (χ1n) is 2.92. The number of hydrogen-bond donors (Lipinski definition) is 3. The van der Waals surface area contributed by atoms with E-state index in [2.05, 4.69) is 5.32 Å². The Morgan fingerprint density at radius 3 is 2.30 bits per heavy atom. The van der Waals surface area contributed by atoms with Crippen molar-refractivity contribution >= 4 is 24.8 Å². The Balaban J connectivity index is 0. The zero-order valence-electron chi connectivity index (χ0n) is 5.62. The van der Waals surface area contributed by atoms with E-state index in [9.17, 15) is 0 Å². The Hall–Kier alpha value is 0.460. The van der Waals surface area contributed by atoms with E-state index in [-0.39, 0.29) is 43.5 Å². The van der Waals surface area contributed by atoms with Crippen molar-refractivity contribution in [2.45, 2.75) is 18.5 Å². The van der Waals surface area contributed by atoms with E-state index in [0.717, 1.165) is 13.0 Å². The van der Waals surface area contributed by atoms with Crippen molar-refractivity contribution in [3.63, 3.8) is 0 Å². The van der Waals surface area contributed by atoms with Gasteiger partial charge in [0.05, 0.1) is 6.61 Å². The van der Waals surface area contributed by atoms with Crippen LogP contribution in [0.25, 0.3) is 0 Å². The molecule has 0 aromatic carbocycles. The molecular weight excluding hydrogens is 175 g/mol. The van der Waals surface area contributed by atoms with E-state index in [1.165, 1.54) is 0 Å². The predicted molar refractivity (Wildman–Crippen MR) is 46.0 cm³/mol. The zero-order chi connectivity index (χ0) is 5.98. The highest BCUT2D eigenvalue weighted by Crippen LogP contribution is 2.01. The molecule has 0 bridgehead atoms. The number of hydrogen-bond acceptors (Lipinski definition) is 3. The number of aliphatic hydroxyl groups excluding tert-OH is 1. The van der Waals surface area contributed by atoms with Crippen LogP contribution >= 0.6 is 24.8 Å². The van der Waals surface area contributed by atoms with Gasteiger partial charge >= 0.3 is 0 Å². The van der Waals surface area contributed by atoms with Crippen LogP contribution in [0.2, 0.25) is 0 Å². The molecule has 0 aliphatic carbocycles. The molecule has 10 heavy (non-hydrogen) atoms. The highest BCUT2D eigenvalue weighted by atomic mass is 35.5. The second-order valence-electron chi connectivity index (χ2n) is 2.28. The summed E-state index contributed by atoms with van der Waals surface area (Å²) in [5.74, 6) is 0. The van der Waals surface area contributed by atoms with Crippen molar-refractivity contribution in [2.24, 2.45) is 5.73 Å². The first kappa shape index (κ1) is 13.1. The lowest BCUT2D eigenvalue weighted by molar-refractivity contribution is 0.254. The van der Waals surface area contributed by atoms with Gasteiger partial charge in [-0.3, -0.25) is 0 Å². The molecule has 1 aliphatic heterocycles. The van der Waals surface area contributed by atoms with Crippen LogP contribution in [0.4, 0.5) is 0 Å². The molecule has 1 heterocycles. The maximum atomic E-state index is 8.57. The molecule has 4 N–H and O–H groups in total. The Morgan fingerprint density at radius 2 is 2.10 bits per heavy atom. The third kappa shape index (κ3) is 3.58. The van der Waals surface area contributed by atoms with E-state index in [1.54, 1.807) is 0 Å². The molecule has 0 aromatic rings. The molecule has 0 radical (unpaired) electrons. The van der Waals surface area contributed by atoms with Crippen LogP contribution in [0.5, 0.6) is 0 Å². The third-order valence-corrected chi connectivity index (χ3v) is 1.48. The standard InChI is InChI=1S/C5H12N2O.2ClH/c6-4-1-5(3-8)7-2-4;;/h4-5,7-8H,1-3,6H2;2*1H. The Kier molecular flexibility index (Phi) is 8.09. The summed E-state index contributed by atoms with van der Waals surface area (Å²) in [4.78, 5) is 0. The largest absolute Gasteiger partial charge is 0.395 e. The summed E-state index contributed by atoms with van der Waals surface area (Å²) in [6.07, 6.45) is 0.913. The molecular formula is C5H14Cl2N2O. The maximum Gasteiger partial charge on any atom is 0.0585 e. The van der Waals surface area contributed by atoms with Gasteiger partial charge in [-0.05, 0) is 6.42 Å². The fraction of sp³-hybridized carbons (Fsp3) is 1.00. The van der Waals surface area contributed by atoms with Gasteiger partial charge in [-0.1, -0.05) is 0 Å². The van der Waals surface area contributed by atoms with Gasteiger partial charge in [0, 0.05) is 18.6 Å². The molecule has 64 valence electrons. The first-order chi connectivity index (χ1) is 3.83. The molecule has 0 spiro atoms. The van der Waals surface area contributed by atoms with Gasteiger partial charge in [0.2, 0.25) is 0 Å². The van der Waals surface area contributed by atoms with E-state index in [1.807, 2.05) is 0 Å². The normalized spacial score (nSPS) is 30.6. The second-order valence-corrected chi connectivity index (χ2v) is 2.28. The molecule has 2 atom stereocenters. The summed E-state index contributed by atoms with van der Waals surface area (Å²) in [5.41, 5.74) is 5.53. The summed E-state index contributed by atoms with van der Waals surface area (Å²) in [6.45, 7) is 1.07. The molecule has 1 aliphatic rings. The highest BCUT2D eigenvalue weighted by molar-refractivity contribution is 5.85. The number of rotatable bonds is 1. The Morgan fingerprint density at radius 1 is 1.50 bits per heavy atom. The second kappa shape index (κ2) is 6.19. The van der Waals surface area contributed by atoms with E-state index in [4.69, 9.17) is 10.8 Å². The summed E-state index contributed by atoms with van der Waals surface area (Å²) in [6, 6.07) is 0.511. The van der Waals surface area contributed by atoms with Crippen LogP contribution in [0.3, 0.4) is 0 Å². The smallest absolute Gasteiger partial charge is 0.0585 e. The van der Waals surface area contributed by atoms with Crippen molar-refractivity contribution in [2.75, 3.05) is 13.2 Å². The van der Waals surface area contributed by atoms with Crippen LogP contribution in [-0.4, -0.2) is 30.3 Å². The predicted octanol–water partition coefficient (Wildman–Crippen LogP) is -0.489. The van der Waals surface area contributed by atoms with Gasteiger partial charge in [-0.25, -0.2) is 0 Å². The van der Waals surface area contributed by atoms with Crippen molar-refractivity contribution < 1.29 is 5.11 Å². The van der Waals surface area contributed by atoms with Crippen molar-refractivity contribution in [1.29, 1.82) is 0 Å². The summed E-state index contributed by atoms with van der Waals surface area (Å²) in [7, 11) is 0. The Labute approximate surface area is 73.2 Å². The molecule has 1 rings (SSSR count). The van der Waals surface area contributed by atoms with Crippen LogP contribution in [0.15, 0.2) is 0 Å². The lowest BCUT2D eigenvalue weighted by Gasteiger charge is -2.01.